The molecule has 0 spiro atoms. The highest BCUT2D eigenvalue weighted by molar-refractivity contribution is 5.81. The Bertz CT molecular complexity index is 582. The van der Waals surface area contributed by atoms with Gasteiger partial charge in [0.15, 0.2) is 6.04 Å². The Balaban J connectivity index is 2.41. The fraction of sp³-hybridized carbons (Fsp3) is 0.133. The minimum atomic E-state index is -1.25. The SMILES string of the molecule is COC(=O)C(Nc1ccccc1)c1c(F)cccc1F. The highest BCUT2D eigenvalue weighted by atomic mass is 19.1. The maximum absolute atomic E-state index is 13.8. The molecule has 0 heterocycles. The molecule has 0 fully saturated rings. The van der Waals surface area contributed by atoms with E-state index in [9.17, 15) is 13.6 Å². The third-order valence-electron chi connectivity index (χ3n) is 2.81. The Kier molecular flexibility index (Phi) is 4.30. The zero-order valence-corrected chi connectivity index (χ0v) is 10.8. The molecule has 1 unspecified atom stereocenters. The number of carbonyl (C=O) groups excluding carboxylic acids is 1. The molecule has 20 heavy (non-hydrogen) atoms. The van der Waals surface area contributed by atoms with E-state index < -0.39 is 23.6 Å². The van der Waals surface area contributed by atoms with Crippen molar-refractivity contribution in [1.82, 2.24) is 0 Å². The van der Waals surface area contributed by atoms with Gasteiger partial charge in [-0.1, -0.05) is 24.3 Å². The summed E-state index contributed by atoms with van der Waals surface area (Å²) in [6, 6.07) is 10.9. The molecule has 0 saturated carbocycles. The Labute approximate surface area is 115 Å². The van der Waals surface area contributed by atoms with Crippen LogP contribution in [0.3, 0.4) is 0 Å². The number of nitrogens with one attached hydrogen (secondary N) is 1. The Morgan fingerprint density at radius 1 is 1.05 bits per heavy atom. The van der Waals surface area contributed by atoms with Gasteiger partial charge in [-0.15, -0.1) is 0 Å². The van der Waals surface area contributed by atoms with Crippen molar-refractivity contribution in [3.05, 3.63) is 65.7 Å². The lowest BCUT2D eigenvalue weighted by molar-refractivity contribution is -0.141. The Morgan fingerprint density at radius 2 is 1.65 bits per heavy atom. The van der Waals surface area contributed by atoms with Gasteiger partial charge in [-0.25, -0.2) is 13.6 Å². The second-order valence-corrected chi connectivity index (χ2v) is 4.10. The van der Waals surface area contributed by atoms with Crippen molar-refractivity contribution in [1.29, 1.82) is 0 Å². The van der Waals surface area contributed by atoms with Crippen LogP contribution in [0.15, 0.2) is 48.5 Å². The number of hydrogen-bond acceptors (Lipinski definition) is 3. The number of esters is 1. The fourth-order valence-electron chi connectivity index (χ4n) is 1.85. The van der Waals surface area contributed by atoms with Crippen molar-refractivity contribution in [2.24, 2.45) is 0 Å². The van der Waals surface area contributed by atoms with Gasteiger partial charge in [-0.05, 0) is 24.3 Å². The summed E-state index contributed by atoms with van der Waals surface area (Å²) < 4.78 is 32.2. The second kappa shape index (κ2) is 6.14. The van der Waals surface area contributed by atoms with E-state index in [4.69, 9.17) is 0 Å². The quantitative estimate of drug-likeness (QED) is 0.871. The molecule has 1 atom stereocenters. The predicted octanol–water partition coefficient (Wildman–Crippen LogP) is 3.29. The van der Waals surface area contributed by atoms with Gasteiger partial charge in [0.25, 0.3) is 0 Å². The number of hydrogen-bond donors (Lipinski definition) is 1. The standard InChI is InChI=1S/C15H13F2NO2/c1-20-15(19)14(18-10-6-3-2-4-7-10)13-11(16)8-5-9-12(13)17/h2-9,14,18H,1H3. The first-order valence-corrected chi connectivity index (χ1v) is 5.97. The summed E-state index contributed by atoms with van der Waals surface area (Å²) in [5, 5.41) is 2.77. The molecule has 0 aromatic heterocycles. The van der Waals surface area contributed by atoms with Gasteiger partial charge in [0.1, 0.15) is 11.6 Å². The summed E-state index contributed by atoms with van der Waals surface area (Å²) in [5.74, 6) is -2.37. The number of halogens is 2. The van der Waals surface area contributed by atoms with E-state index in [1.54, 1.807) is 30.3 Å². The minimum absolute atomic E-state index is 0.358. The molecule has 5 heteroatoms. The predicted molar refractivity (Wildman–Crippen MR) is 71.2 cm³/mol. The Hall–Kier alpha value is -2.43. The molecule has 0 saturated heterocycles. The van der Waals surface area contributed by atoms with Crippen LogP contribution in [0.2, 0.25) is 0 Å². The number of para-hydroxylation sites is 1. The molecular formula is C15H13F2NO2. The van der Waals surface area contributed by atoms with Crippen LogP contribution < -0.4 is 5.32 Å². The molecule has 104 valence electrons. The third-order valence-corrected chi connectivity index (χ3v) is 2.81. The van der Waals surface area contributed by atoms with Gasteiger partial charge in [0.2, 0.25) is 0 Å². The van der Waals surface area contributed by atoms with Gasteiger partial charge < -0.3 is 10.1 Å². The normalized spacial score (nSPS) is 11.8. The van der Waals surface area contributed by atoms with Crippen molar-refractivity contribution < 1.29 is 18.3 Å². The van der Waals surface area contributed by atoms with E-state index >= 15 is 0 Å². The second-order valence-electron chi connectivity index (χ2n) is 4.10. The zero-order valence-electron chi connectivity index (χ0n) is 10.8. The summed E-state index contributed by atoms with van der Waals surface area (Å²) in [6.45, 7) is 0. The summed E-state index contributed by atoms with van der Waals surface area (Å²) in [7, 11) is 1.17. The molecule has 0 aliphatic carbocycles. The fourth-order valence-corrected chi connectivity index (χ4v) is 1.85. The molecule has 2 rings (SSSR count). The highest BCUT2D eigenvalue weighted by Crippen LogP contribution is 2.25. The van der Waals surface area contributed by atoms with Crippen LogP contribution >= 0.6 is 0 Å². The maximum Gasteiger partial charge on any atom is 0.333 e. The molecule has 0 bridgehead atoms. The lowest BCUT2D eigenvalue weighted by Gasteiger charge is -2.19. The average Bonchev–Trinajstić information content (AvgIpc) is 2.46. The largest absolute Gasteiger partial charge is 0.467 e. The van der Waals surface area contributed by atoms with E-state index in [0.29, 0.717) is 5.69 Å². The first-order chi connectivity index (χ1) is 9.63. The molecule has 3 nitrogen and oxygen atoms in total. The number of ether oxygens (including phenoxy) is 1. The number of carbonyl (C=O) groups is 1. The van der Waals surface area contributed by atoms with E-state index in [1.807, 2.05) is 0 Å². The molecule has 2 aromatic carbocycles. The van der Waals surface area contributed by atoms with Gasteiger partial charge in [-0.2, -0.15) is 0 Å². The smallest absolute Gasteiger partial charge is 0.333 e. The van der Waals surface area contributed by atoms with Crippen LogP contribution in [0.1, 0.15) is 11.6 Å². The Morgan fingerprint density at radius 3 is 2.20 bits per heavy atom. The minimum Gasteiger partial charge on any atom is -0.467 e. The van der Waals surface area contributed by atoms with Crippen molar-refractivity contribution in [3.8, 4) is 0 Å². The van der Waals surface area contributed by atoms with Crippen LogP contribution in [0.5, 0.6) is 0 Å². The highest BCUT2D eigenvalue weighted by Gasteiger charge is 2.27. The summed E-state index contributed by atoms with van der Waals surface area (Å²) in [6.07, 6.45) is 0. The topological polar surface area (TPSA) is 38.3 Å². The number of rotatable bonds is 4. The van der Waals surface area contributed by atoms with Crippen molar-refractivity contribution in [2.75, 3.05) is 12.4 Å². The van der Waals surface area contributed by atoms with Crippen LogP contribution in [-0.2, 0) is 9.53 Å². The van der Waals surface area contributed by atoms with E-state index in [0.717, 1.165) is 12.1 Å². The van der Waals surface area contributed by atoms with Crippen molar-refractivity contribution >= 4 is 11.7 Å². The van der Waals surface area contributed by atoms with Crippen molar-refractivity contribution in [3.63, 3.8) is 0 Å². The third kappa shape index (κ3) is 2.93. The van der Waals surface area contributed by atoms with Gasteiger partial charge in [0, 0.05) is 5.69 Å². The first-order valence-electron chi connectivity index (χ1n) is 5.97. The van der Waals surface area contributed by atoms with E-state index in [2.05, 4.69) is 10.1 Å². The lowest BCUT2D eigenvalue weighted by atomic mass is 10.0. The molecule has 0 radical (unpaired) electrons. The molecule has 2 aromatic rings. The first kappa shape index (κ1) is 14.0. The number of methoxy groups -OCH3 is 1. The summed E-state index contributed by atoms with van der Waals surface area (Å²) in [4.78, 5) is 11.8. The van der Waals surface area contributed by atoms with Crippen LogP contribution in [0, 0.1) is 11.6 Å². The molecular weight excluding hydrogens is 264 g/mol. The maximum atomic E-state index is 13.8. The van der Waals surface area contributed by atoms with E-state index in [-0.39, 0.29) is 5.56 Å². The van der Waals surface area contributed by atoms with Gasteiger partial charge in [0.05, 0.1) is 12.7 Å². The molecule has 0 amide bonds. The molecule has 1 N–H and O–H groups in total. The number of benzene rings is 2. The zero-order chi connectivity index (χ0) is 14.5. The molecule has 0 aliphatic heterocycles. The monoisotopic (exact) mass is 277 g/mol. The van der Waals surface area contributed by atoms with E-state index in [1.165, 1.54) is 13.2 Å². The molecule has 0 aliphatic rings. The van der Waals surface area contributed by atoms with Gasteiger partial charge in [-0.3, -0.25) is 0 Å². The number of anilines is 1. The van der Waals surface area contributed by atoms with Crippen LogP contribution in [0.25, 0.3) is 0 Å². The lowest BCUT2D eigenvalue weighted by Crippen LogP contribution is -2.24. The average molecular weight is 277 g/mol. The van der Waals surface area contributed by atoms with Crippen molar-refractivity contribution in [2.45, 2.75) is 6.04 Å². The van der Waals surface area contributed by atoms with Crippen LogP contribution in [-0.4, -0.2) is 13.1 Å². The van der Waals surface area contributed by atoms with Gasteiger partial charge >= 0.3 is 5.97 Å². The summed E-state index contributed by atoms with van der Waals surface area (Å²) >= 11 is 0. The van der Waals surface area contributed by atoms with Crippen LogP contribution in [0.4, 0.5) is 14.5 Å². The summed E-state index contributed by atoms with van der Waals surface area (Å²) in [5.41, 5.74) is 0.203.